The quantitative estimate of drug-likeness (QED) is 0.231. The van der Waals surface area contributed by atoms with Gasteiger partial charge in [0.1, 0.15) is 0 Å². The SMILES string of the molecule is C=CC(=O)OCCCCC([SiH3])(Cl)Cl. The minimum Gasteiger partial charge on any atom is -0.463 e. The van der Waals surface area contributed by atoms with Gasteiger partial charge in [0.2, 0.25) is 0 Å². The van der Waals surface area contributed by atoms with E-state index in [0.29, 0.717) is 6.61 Å². The molecule has 0 atom stereocenters. The Morgan fingerprint density at radius 2 is 2.15 bits per heavy atom. The maximum atomic E-state index is 10.6. The Morgan fingerprint density at radius 1 is 1.54 bits per heavy atom. The molecule has 0 radical (unpaired) electrons. The van der Waals surface area contributed by atoms with Gasteiger partial charge in [-0.2, -0.15) is 0 Å². The molecule has 0 spiro atoms. The van der Waals surface area contributed by atoms with Gasteiger partial charge in [-0.1, -0.05) is 6.58 Å². The molecule has 0 unspecified atom stereocenters. The molecule has 0 aromatic heterocycles. The summed E-state index contributed by atoms with van der Waals surface area (Å²) in [6.07, 6.45) is 3.58. The van der Waals surface area contributed by atoms with E-state index in [-0.39, 0.29) is 5.97 Å². The third-order valence-electron chi connectivity index (χ3n) is 1.42. The van der Waals surface area contributed by atoms with E-state index in [1.54, 1.807) is 0 Å². The Labute approximate surface area is 91.7 Å². The van der Waals surface area contributed by atoms with Gasteiger partial charge in [-0.3, -0.25) is 0 Å². The Balaban J connectivity index is 3.27. The number of unbranched alkanes of at least 4 members (excludes halogenated alkanes) is 1. The smallest absolute Gasteiger partial charge is 0.330 e. The van der Waals surface area contributed by atoms with Crippen molar-refractivity contribution in [1.29, 1.82) is 0 Å². The van der Waals surface area contributed by atoms with Gasteiger partial charge in [0, 0.05) is 16.3 Å². The lowest BCUT2D eigenvalue weighted by atomic mass is 10.2. The van der Waals surface area contributed by atoms with Gasteiger partial charge >= 0.3 is 5.97 Å². The average molecular weight is 241 g/mol. The van der Waals surface area contributed by atoms with E-state index in [9.17, 15) is 4.79 Å². The predicted octanol–water partition coefficient (Wildman–Crippen LogP) is 1.38. The summed E-state index contributed by atoms with van der Waals surface area (Å²) in [6.45, 7) is 3.70. The molecule has 0 saturated carbocycles. The van der Waals surface area contributed by atoms with Gasteiger partial charge in [-0.25, -0.2) is 4.79 Å². The first-order chi connectivity index (χ1) is 5.95. The zero-order valence-corrected chi connectivity index (χ0v) is 11.2. The van der Waals surface area contributed by atoms with E-state index in [2.05, 4.69) is 6.58 Å². The topological polar surface area (TPSA) is 26.3 Å². The second-order valence-corrected chi connectivity index (χ2v) is 7.74. The van der Waals surface area contributed by atoms with E-state index >= 15 is 0 Å². The van der Waals surface area contributed by atoms with E-state index in [4.69, 9.17) is 27.9 Å². The highest BCUT2D eigenvalue weighted by Crippen LogP contribution is 2.22. The maximum Gasteiger partial charge on any atom is 0.330 e. The number of rotatable bonds is 6. The van der Waals surface area contributed by atoms with Crippen molar-refractivity contribution in [3.05, 3.63) is 12.7 Å². The number of halogens is 2. The van der Waals surface area contributed by atoms with Gasteiger partial charge in [0.25, 0.3) is 0 Å². The summed E-state index contributed by atoms with van der Waals surface area (Å²) in [6, 6.07) is 0. The lowest BCUT2D eigenvalue weighted by molar-refractivity contribution is -0.137. The lowest BCUT2D eigenvalue weighted by Crippen LogP contribution is -2.12. The predicted molar refractivity (Wildman–Crippen MR) is 59.4 cm³/mol. The van der Waals surface area contributed by atoms with Crippen molar-refractivity contribution >= 4 is 39.4 Å². The van der Waals surface area contributed by atoms with Crippen LogP contribution in [0, 0.1) is 0 Å². The summed E-state index contributed by atoms with van der Waals surface area (Å²) in [4.78, 5) is 10.6. The monoisotopic (exact) mass is 240 g/mol. The third kappa shape index (κ3) is 9.92. The largest absolute Gasteiger partial charge is 0.463 e. The molecule has 0 saturated heterocycles. The van der Waals surface area contributed by atoms with Gasteiger partial charge in [0.05, 0.1) is 10.6 Å². The van der Waals surface area contributed by atoms with E-state index in [0.717, 1.165) is 35.6 Å². The zero-order chi connectivity index (χ0) is 10.3. The first kappa shape index (κ1) is 13.0. The number of hydrogen-bond acceptors (Lipinski definition) is 2. The molecule has 2 nitrogen and oxygen atoms in total. The molecule has 0 fully saturated rings. The molecule has 0 heterocycles. The molecule has 5 heteroatoms. The minimum atomic E-state index is -0.539. The van der Waals surface area contributed by atoms with Crippen LogP contribution in [0.4, 0.5) is 0 Å². The van der Waals surface area contributed by atoms with Crippen molar-refractivity contribution in [3.8, 4) is 0 Å². The van der Waals surface area contributed by atoms with Crippen molar-refractivity contribution in [3.63, 3.8) is 0 Å². The minimum absolute atomic E-state index is 0.381. The Morgan fingerprint density at radius 3 is 2.62 bits per heavy atom. The highest BCUT2D eigenvalue weighted by Gasteiger charge is 2.14. The third-order valence-corrected chi connectivity index (χ3v) is 2.30. The average Bonchev–Trinajstić information content (AvgIpc) is 2.01. The summed E-state index contributed by atoms with van der Waals surface area (Å²) in [5.74, 6) is -0.381. The second kappa shape index (κ2) is 6.46. The Bertz CT molecular complexity index is 177. The highest BCUT2D eigenvalue weighted by atomic mass is 35.5. The van der Waals surface area contributed by atoms with Gasteiger partial charge in [-0.15, -0.1) is 23.2 Å². The highest BCUT2D eigenvalue weighted by molar-refractivity contribution is 6.65. The van der Waals surface area contributed by atoms with E-state index < -0.39 is 3.96 Å². The first-order valence-electron chi connectivity index (χ1n) is 4.13. The van der Waals surface area contributed by atoms with Crippen LogP contribution in [0.5, 0.6) is 0 Å². The van der Waals surface area contributed by atoms with E-state index in [1.165, 1.54) is 0 Å². The standard InChI is InChI=1S/C8H14Cl2O2Si/c1-2-7(11)12-6-4-3-5-8(9,10)13/h2H,1,3-6H2,13H3. The second-order valence-electron chi connectivity index (χ2n) is 2.90. The van der Waals surface area contributed by atoms with Crippen LogP contribution in [-0.2, 0) is 9.53 Å². The molecule has 0 aromatic rings. The normalized spacial score (nSPS) is 11.2. The van der Waals surface area contributed by atoms with Crippen molar-refractivity contribution in [2.24, 2.45) is 0 Å². The van der Waals surface area contributed by atoms with Gasteiger partial charge < -0.3 is 4.74 Å². The molecular formula is C8H14Cl2O2Si. The summed E-state index contributed by atoms with van der Waals surface area (Å²) >= 11 is 11.6. The zero-order valence-electron chi connectivity index (χ0n) is 7.69. The van der Waals surface area contributed by atoms with Crippen LogP contribution in [0.15, 0.2) is 12.7 Å². The Kier molecular flexibility index (Phi) is 6.46. The van der Waals surface area contributed by atoms with Crippen molar-refractivity contribution in [2.45, 2.75) is 23.2 Å². The number of alkyl halides is 2. The fourth-order valence-electron chi connectivity index (χ4n) is 0.769. The molecule has 76 valence electrons. The van der Waals surface area contributed by atoms with Crippen LogP contribution in [0.3, 0.4) is 0 Å². The van der Waals surface area contributed by atoms with Crippen LogP contribution < -0.4 is 0 Å². The molecule has 0 aliphatic rings. The maximum absolute atomic E-state index is 10.6. The van der Waals surface area contributed by atoms with Crippen LogP contribution in [-0.4, -0.2) is 26.8 Å². The fraction of sp³-hybridized carbons (Fsp3) is 0.625. The molecule has 0 rings (SSSR count). The van der Waals surface area contributed by atoms with Crippen LogP contribution in [0.25, 0.3) is 0 Å². The van der Waals surface area contributed by atoms with Crippen molar-refractivity contribution in [1.82, 2.24) is 0 Å². The molecule has 0 amide bonds. The number of carbonyl (C=O) groups excluding carboxylic acids is 1. The number of ether oxygens (including phenoxy) is 1. The Hall–Kier alpha value is 0.00688. The van der Waals surface area contributed by atoms with E-state index in [1.807, 2.05) is 0 Å². The molecule has 0 bridgehead atoms. The summed E-state index contributed by atoms with van der Waals surface area (Å²) < 4.78 is 4.23. The number of esters is 1. The van der Waals surface area contributed by atoms with Gasteiger partial charge in [0.15, 0.2) is 0 Å². The van der Waals surface area contributed by atoms with Gasteiger partial charge in [-0.05, 0) is 19.3 Å². The van der Waals surface area contributed by atoms with Crippen molar-refractivity contribution in [2.75, 3.05) is 6.61 Å². The number of hydrogen-bond donors (Lipinski definition) is 0. The van der Waals surface area contributed by atoms with Crippen LogP contribution >= 0.6 is 23.2 Å². The summed E-state index contributed by atoms with van der Waals surface area (Å²) in [7, 11) is 0.751. The summed E-state index contributed by atoms with van der Waals surface area (Å²) in [5.41, 5.74) is 0. The number of carbonyl (C=O) groups is 1. The molecule has 0 aliphatic heterocycles. The first-order valence-corrected chi connectivity index (χ1v) is 5.88. The summed E-state index contributed by atoms with van der Waals surface area (Å²) in [5, 5.41) is 0. The molecular weight excluding hydrogens is 227 g/mol. The molecule has 0 aromatic carbocycles. The van der Waals surface area contributed by atoms with Crippen LogP contribution in [0.1, 0.15) is 19.3 Å². The lowest BCUT2D eigenvalue weighted by Gasteiger charge is -2.11. The van der Waals surface area contributed by atoms with Crippen molar-refractivity contribution < 1.29 is 9.53 Å². The molecule has 0 aliphatic carbocycles. The fourth-order valence-corrected chi connectivity index (χ4v) is 1.39. The molecule has 0 N–H and O–H groups in total. The van der Waals surface area contributed by atoms with Crippen LogP contribution in [0.2, 0.25) is 0 Å². The molecule has 13 heavy (non-hydrogen) atoms.